The van der Waals surface area contributed by atoms with Crippen LogP contribution in [0.3, 0.4) is 0 Å². The van der Waals surface area contributed by atoms with Gasteiger partial charge in [-0.15, -0.1) is 0 Å². The van der Waals surface area contributed by atoms with Crippen molar-refractivity contribution < 1.29 is 19.6 Å². The third kappa shape index (κ3) is 1.83. The van der Waals surface area contributed by atoms with E-state index in [1.165, 1.54) is 16.7 Å². The van der Waals surface area contributed by atoms with Crippen LogP contribution in [0, 0.1) is 0 Å². The SMILES string of the molecule is CC(C)c1cccc(C2(C)COOC23OO3)c1C(C)C. The Bertz CT molecular complexity index is 519. The van der Waals surface area contributed by atoms with Gasteiger partial charge >= 0.3 is 5.97 Å². The molecule has 4 heteroatoms. The molecule has 1 spiro atoms. The fourth-order valence-electron chi connectivity index (χ4n) is 3.11. The molecule has 0 radical (unpaired) electrons. The third-order valence-electron chi connectivity index (χ3n) is 4.36. The number of rotatable bonds is 3. The molecule has 3 rings (SSSR count). The summed E-state index contributed by atoms with van der Waals surface area (Å²) >= 11 is 0. The highest BCUT2D eigenvalue weighted by molar-refractivity contribution is 5.45. The molecule has 2 fully saturated rings. The van der Waals surface area contributed by atoms with Crippen molar-refractivity contribution in [2.24, 2.45) is 0 Å². The van der Waals surface area contributed by atoms with Gasteiger partial charge in [0.05, 0.1) is 6.61 Å². The van der Waals surface area contributed by atoms with Crippen LogP contribution < -0.4 is 0 Å². The lowest BCUT2D eigenvalue weighted by Crippen LogP contribution is -2.39. The van der Waals surface area contributed by atoms with Gasteiger partial charge in [0.1, 0.15) is 5.41 Å². The average Bonchev–Trinajstić information content (AvgIpc) is 3.11. The molecule has 2 saturated heterocycles. The second kappa shape index (κ2) is 4.53. The van der Waals surface area contributed by atoms with Gasteiger partial charge in [-0.25, -0.2) is 4.89 Å². The first-order valence-electron chi connectivity index (χ1n) is 7.22. The van der Waals surface area contributed by atoms with Crippen LogP contribution in [-0.2, 0) is 25.0 Å². The molecule has 1 aromatic carbocycles. The van der Waals surface area contributed by atoms with Gasteiger partial charge in [-0.1, -0.05) is 45.9 Å². The van der Waals surface area contributed by atoms with Gasteiger partial charge in [-0.2, -0.15) is 14.7 Å². The van der Waals surface area contributed by atoms with Crippen molar-refractivity contribution in [3.05, 3.63) is 34.9 Å². The van der Waals surface area contributed by atoms with Crippen molar-refractivity contribution >= 4 is 0 Å². The molecule has 1 atom stereocenters. The second-order valence-electron chi connectivity index (χ2n) is 6.52. The Balaban J connectivity index is 2.16. The van der Waals surface area contributed by atoms with Gasteiger partial charge < -0.3 is 0 Å². The van der Waals surface area contributed by atoms with Crippen LogP contribution in [0.25, 0.3) is 0 Å². The molecule has 0 N–H and O–H groups in total. The van der Waals surface area contributed by atoms with E-state index in [0.29, 0.717) is 18.4 Å². The van der Waals surface area contributed by atoms with E-state index in [0.717, 1.165) is 0 Å². The van der Waals surface area contributed by atoms with Crippen molar-refractivity contribution in [2.45, 2.75) is 57.8 Å². The molecule has 1 unspecified atom stereocenters. The fraction of sp³-hybridized carbons (Fsp3) is 0.625. The zero-order chi connectivity index (χ0) is 14.5. The highest BCUT2D eigenvalue weighted by atomic mass is 17.5. The topological polar surface area (TPSA) is 43.5 Å². The van der Waals surface area contributed by atoms with Crippen LogP contribution in [0.1, 0.15) is 63.1 Å². The van der Waals surface area contributed by atoms with E-state index in [1.54, 1.807) is 0 Å². The van der Waals surface area contributed by atoms with Gasteiger partial charge in [0.25, 0.3) is 0 Å². The Kier molecular flexibility index (Phi) is 3.18. The minimum Gasteiger partial charge on any atom is -0.230 e. The van der Waals surface area contributed by atoms with Gasteiger partial charge in [0.15, 0.2) is 0 Å². The van der Waals surface area contributed by atoms with Crippen molar-refractivity contribution in [3.63, 3.8) is 0 Å². The molecule has 2 heterocycles. The van der Waals surface area contributed by atoms with E-state index >= 15 is 0 Å². The highest BCUT2D eigenvalue weighted by Crippen LogP contribution is 2.54. The molecule has 0 amide bonds. The van der Waals surface area contributed by atoms with Crippen LogP contribution in [0.2, 0.25) is 0 Å². The standard InChI is InChI=1S/C16H22O4/c1-10(2)12-7-6-8-13(14(12)11(3)4)15(5)9-17-18-16(15)19-20-16/h6-8,10-11H,9H2,1-5H3. The van der Waals surface area contributed by atoms with Crippen LogP contribution in [0.5, 0.6) is 0 Å². The maximum absolute atomic E-state index is 5.21. The molecule has 0 aromatic heterocycles. The minimum atomic E-state index is -1.06. The quantitative estimate of drug-likeness (QED) is 0.623. The van der Waals surface area contributed by atoms with E-state index in [1.807, 2.05) is 0 Å². The molecular weight excluding hydrogens is 256 g/mol. The Hall–Kier alpha value is -0.940. The van der Waals surface area contributed by atoms with Crippen molar-refractivity contribution in [1.29, 1.82) is 0 Å². The van der Waals surface area contributed by atoms with E-state index in [-0.39, 0.29) is 0 Å². The molecule has 0 aliphatic carbocycles. The van der Waals surface area contributed by atoms with Crippen molar-refractivity contribution in [3.8, 4) is 0 Å². The molecule has 4 nitrogen and oxygen atoms in total. The first-order chi connectivity index (χ1) is 9.41. The molecule has 110 valence electrons. The monoisotopic (exact) mass is 278 g/mol. The lowest BCUT2D eigenvalue weighted by molar-refractivity contribution is -0.314. The molecule has 2 aliphatic heterocycles. The Labute approximate surface area is 119 Å². The summed E-state index contributed by atoms with van der Waals surface area (Å²) in [7, 11) is 0. The summed E-state index contributed by atoms with van der Waals surface area (Å²) in [6.45, 7) is 11.4. The third-order valence-corrected chi connectivity index (χ3v) is 4.36. The van der Waals surface area contributed by atoms with Crippen LogP contribution in [0.15, 0.2) is 18.2 Å². The lowest BCUT2D eigenvalue weighted by atomic mass is 9.74. The predicted octanol–water partition coefficient (Wildman–Crippen LogP) is 3.77. The van der Waals surface area contributed by atoms with Gasteiger partial charge in [-0.3, -0.25) is 0 Å². The molecular formula is C16H22O4. The molecule has 20 heavy (non-hydrogen) atoms. The smallest absolute Gasteiger partial charge is 0.230 e. The number of benzene rings is 1. The summed E-state index contributed by atoms with van der Waals surface area (Å²) < 4.78 is 0. The second-order valence-corrected chi connectivity index (χ2v) is 6.52. The zero-order valence-electron chi connectivity index (χ0n) is 12.7. The first kappa shape index (κ1) is 14.0. The maximum Gasteiger partial charge on any atom is 0.377 e. The molecule has 0 bridgehead atoms. The highest BCUT2D eigenvalue weighted by Gasteiger charge is 2.71. The maximum atomic E-state index is 5.21. The zero-order valence-corrected chi connectivity index (χ0v) is 12.7. The van der Waals surface area contributed by atoms with Crippen LogP contribution >= 0.6 is 0 Å². The lowest BCUT2D eigenvalue weighted by Gasteiger charge is -2.29. The van der Waals surface area contributed by atoms with Crippen molar-refractivity contribution in [1.82, 2.24) is 0 Å². The molecule has 0 saturated carbocycles. The summed E-state index contributed by atoms with van der Waals surface area (Å²) in [5, 5.41) is 0. The molecule has 1 aromatic rings. The first-order valence-corrected chi connectivity index (χ1v) is 7.22. The van der Waals surface area contributed by atoms with E-state index in [2.05, 4.69) is 52.8 Å². The normalized spacial score (nSPS) is 27.8. The van der Waals surface area contributed by atoms with Gasteiger partial charge in [0.2, 0.25) is 0 Å². The van der Waals surface area contributed by atoms with Crippen molar-refractivity contribution in [2.75, 3.05) is 6.61 Å². The Morgan fingerprint density at radius 2 is 1.70 bits per heavy atom. The molecule has 2 aliphatic rings. The van der Waals surface area contributed by atoms with Crippen LogP contribution in [0.4, 0.5) is 0 Å². The van der Waals surface area contributed by atoms with Crippen LogP contribution in [-0.4, -0.2) is 12.6 Å². The predicted molar refractivity (Wildman–Crippen MR) is 73.9 cm³/mol. The number of hydrogen-bond donors (Lipinski definition) is 0. The van der Waals surface area contributed by atoms with Gasteiger partial charge in [0, 0.05) is 0 Å². The average molecular weight is 278 g/mol. The van der Waals surface area contributed by atoms with Gasteiger partial charge in [-0.05, 0) is 35.4 Å². The summed E-state index contributed by atoms with van der Waals surface area (Å²) in [5.74, 6) is -0.181. The number of hydrogen-bond acceptors (Lipinski definition) is 4. The summed E-state index contributed by atoms with van der Waals surface area (Å²) in [6.07, 6.45) is 0. The van der Waals surface area contributed by atoms with E-state index in [4.69, 9.17) is 19.6 Å². The largest absolute Gasteiger partial charge is 0.377 e. The summed E-state index contributed by atoms with van der Waals surface area (Å²) in [5.41, 5.74) is 3.45. The minimum absolute atomic E-state index is 0.414. The van der Waals surface area contributed by atoms with E-state index < -0.39 is 11.4 Å². The summed E-state index contributed by atoms with van der Waals surface area (Å²) in [6, 6.07) is 6.42. The fourth-order valence-corrected chi connectivity index (χ4v) is 3.11. The Morgan fingerprint density at radius 1 is 1.00 bits per heavy atom. The van der Waals surface area contributed by atoms with E-state index in [9.17, 15) is 0 Å². The Morgan fingerprint density at radius 3 is 2.25 bits per heavy atom. The summed E-state index contributed by atoms with van der Waals surface area (Å²) in [4.78, 5) is 20.6.